The molecule has 1 unspecified atom stereocenters. The summed E-state index contributed by atoms with van der Waals surface area (Å²) in [6.45, 7) is 3.43. The molecule has 2 N–H and O–H groups in total. The minimum Gasteiger partial charge on any atom is -0.386 e. The van der Waals surface area contributed by atoms with Gasteiger partial charge in [0.2, 0.25) is 10.0 Å². The lowest BCUT2D eigenvalue weighted by molar-refractivity contribution is 0.0785. The zero-order chi connectivity index (χ0) is 27.3. The van der Waals surface area contributed by atoms with E-state index in [2.05, 4.69) is 9.71 Å². The van der Waals surface area contributed by atoms with Gasteiger partial charge in [-0.2, -0.15) is 0 Å². The fraction of sp³-hybridized carbons (Fsp3) is 0.296. The molecule has 39 heavy (non-hydrogen) atoms. The summed E-state index contributed by atoms with van der Waals surface area (Å²) in [6, 6.07) is 17.5. The van der Waals surface area contributed by atoms with Crippen LogP contribution in [0.1, 0.15) is 42.3 Å². The molecule has 0 aliphatic carbocycles. The Hall–Kier alpha value is -2.05. The molecule has 7 nitrogen and oxygen atoms in total. The Morgan fingerprint density at radius 2 is 1.87 bits per heavy atom. The molecule has 0 amide bonds. The number of aromatic nitrogens is 1. The number of nitrogens with one attached hydrogen (secondary N) is 1. The van der Waals surface area contributed by atoms with Gasteiger partial charge in [-0.25, -0.2) is 21.6 Å². The van der Waals surface area contributed by atoms with Gasteiger partial charge in [0.15, 0.2) is 9.84 Å². The number of hydrogen-bond acceptors (Lipinski definition) is 7. The number of halogens is 2. The Balaban J connectivity index is 0.00000353. The smallest absolute Gasteiger partial charge is 0.216 e. The number of thiophene rings is 1. The van der Waals surface area contributed by atoms with Gasteiger partial charge in [0, 0.05) is 26.4 Å². The predicted octanol–water partition coefficient (Wildman–Crippen LogP) is 5.46. The van der Waals surface area contributed by atoms with Crippen LogP contribution < -0.4 is 4.72 Å². The molecule has 0 bridgehead atoms. The van der Waals surface area contributed by atoms with Gasteiger partial charge in [0.05, 0.1) is 34.1 Å². The number of benzene rings is 2. The highest BCUT2D eigenvalue weighted by Gasteiger charge is 2.39. The van der Waals surface area contributed by atoms with Crippen molar-refractivity contribution in [2.45, 2.75) is 37.2 Å². The summed E-state index contributed by atoms with van der Waals surface area (Å²) in [6.07, 6.45) is 1.72. The van der Waals surface area contributed by atoms with Gasteiger partial charge in [-0.05, 0) is 61.0 Å². The summed E-state index contributed by atoms with van der Waals surface area (Å²) >= 11 is 7.95. The molecule has 0 spiro atoms. The molecule has 0 radical (unpaired) electrons. The van der Waals surface area contributed by atoms with Crippen molar-refractivity contribution in [1.82, 2.24) is 9.71 Å². The van der Waals surface area contributed by atoms with E-state index in [1.807, 2.05) is 30.3 Å². The van der Waals surface area contributed by atoms with Gasteiger partial charge in [-0.1, -0.05) is 48.0 Å². The van der Waals surface area contributed by atoms with Gasteiger partial charge in [-0.15, -0.1) is 23.7 Å². The lowest BCUT2D eigenvalue weighted by Gasteiger charge is -2.21. The van der Waals surface area contributed by atoms with Crippen molar-refractivity contribution >= 4 is 65.3 Å². The van der Waals surface area contributed by atoms with Crippen LogP contribution in [-0.2, 0) is 25.5 Å². The van der Waals surface area contributed by atoms with Crippen molar-refractivity contribution in [3.05, 3.63) is 87.9 Å². The van der Waals surface area contributed by atoms with Crippen LogP contribution in [0.4, 0.5) is 0 Å². The molecule has 2 atom stereocenters. The third-order valence-corrected chi connectivity index (χ3v) is 12.1. The maximum absolute atomic E-state index is 13.4. The van der Waals surface area contributed by atoms with Crippen molar-refractivity contribution < 1.29 is 21.9 Å². The van der Waals surface area contributed by atoms with Crippen LogP contribution in [0.5, 0.6) is 0 Å². The van der Waals surface area contributed by atoms with Crippen molar-refractivity contribution in [2.75, 3.05) is 11.5 Å². The number of pyridine rings is 1. The Morgan fingerprint density at radius 1 is 1.13 bits per heavy atom. The third kappa shape index (κ3) is 6.32. The van der Waals surface area contributed by atoms with Crippen molar-refractivity contribution in [2.24, 2.45) is 0 Å². The van der Waals surface area contributed by atoms with E-state index in [9.17, 15) is 21.9 Å². The Kier molecular flexibility index (Phi) is 8.50. The van der Waals surface area contributed by atoms with E-state index in [1.54, 1.807) is 50.4 Å². The average Bonchev–Trinajstić information content (AvgIpc) is 3.46. The largest absolute Gasteiger partial charge is 0.386 e. The fourth-order valence-electron chi connectivity index (χ4n) is 4.64. The summed E-state index contributed by atoms with van der Waals surface area (Å²) in [5.74, 6) is -0.532. The number of sulfonamides is 1. The monoisotopic (exact) mass is 626 g/mol. The average molecular weight is 628 g/mol. The first kappa shape index (κ1) is 29.9. The van der Waals surface area contributed by atoms with Crippen LogP contribution in [-0.4, -0.2) is 43.7 Å². The molecule has 3 heterocycles. The number of hydrogen-bond donors (Lipinski definition) is 2. The second-order valence-electron chi connectivity index (χ2n) is 10.0. The SMILES string of the molecule is CC(C)(O)c1ccnc(-c2cccc3cc(C(NS(=O)(=O)[C@H]4CCS(=O)(=O)C4)c4ccccc4Cl)sc23)c1.Cl. The van der Waals surface area contributed by atoms with Gasteiger partial charge in [0.25, 0.3) is 0 Å². The molecule has 0 saturated carbocycles. The normalized spacial score (nSPS) is 18.1. The molecule has 4 aromatic rings. The maximum Gasteiger partial charge on any atom is 0.216 e. The molecule has 5 rings (SSSR count). The van der Waals surface area contributed by atoms with E-state index >= 15 is 0 Å². The highest BCUT2D eigenvalue weighted by atomic mass is 35.5. The van der Waals surface area contributed by atoms with Gasteiger partial charge < -0.3 is 5.11 Å². The molecule has 2 aromatic carbocycles. The highest BCUT2D eigenvalue weighted by molar-refractivity contribution is 7.95. The number of fused-ring (bicyclic) bond motifs is 1. The molecule has 1 fully saturated rings. The number of sulfone groups is 1. The summed E-state index contributed by atoms with van der Waals surface area (Å²) < 4.78 is 54.5. The van der Waals surface area contributed by atoms with Crippen LogP contribution in [0.25, 0.3) is 21.3 Å². The first-order valence-electron chi connectivity index (χ1n) is 12.0. The number of aliphatic hydroxyl groups is 1. The summed E-state index contributed by atoms with van der Waals surface area (Å²) in [4.78, 5) is 5.24. The van der Waals surface area contributed by atoms with Gasteiger partial charge >= 0.3 is 0 Å². The molecular formula is C27H28Cl2N2O5S3. The Morgan fingerprint density at radius 3 is 2.54 bits per heavy atom. The minimum atomic E-state index is -3.99. The summed E-state index contributed by atoms with van der Waals surface area (Å²) in [5.41, 5.74) is 1.81. The van der Waals surface area contributed by atoms with E-state index < -0.39 is 42.5 Å². The van der Waals surface area contributed by atoms with Gasteiger partial charge in [-0.3, -0.25) is 4.98 Å². The zero-order valence-electron chi connectivity index (χ0n) is 21.2. The van der Waals surface area contributed by atoms with Crippen LogP contribution in [0, 0.1) is 0 Å². The first-order valence-corrected chi connectivity index (χ1v) is 16.6. The molecule has 1 aliphatic heterocycles. The standard InChI is InChI=1S/C27H27ClN2O5S3.ClH/c1-27(2,31)18-10-12-29-23(15-18)21-8-5-6-17-14-24(36-26(17)21)25(20-7-3-4-9-22(20)28)30-38(34,35)19-11-13-37(32,33)16-19;/h3-10,12,14-15,19,25,30-31H,11,13,16H2,1-2H3;1H/t19-,25?;/m0./s1. The topological polar surface area (TPSA) is 113 Å². The Labute approximate surface area is 243 Å². The fourth-order valence-corrected chi connectivity index (χ4v) is 10.4. The van der Waals surface area contributed by atoms with Crippen LogP contribution in [0.3, 0.4) is 0 Å². The molecule has 1 aliphatic rings. The van der Waals surface area contributed by atoms with Gasteiger partial charge in [0.1, 0.15) is 0 Å². The highest BCUT2D eigenvalue weighted by Crippen LogP contribution is 2.40. The van der Waals surface area contributed by atoms with E-state index in [0.29, 0.717) is 21.2 Å². The maximum atomic E-state index is 13.4. The minimum absolute atomic E-state index is 0. The third-order valence-electron chi connectivity index (χ3n) is 6.72. The number of nitrogens with zero attached hydrogens (tertiary/aromatic N) is 1. The summed E-state index contributed by atoms with van der Waals surface area (Å²) in [5, 5.41) is 10.8. The zero-order valence-corrected chi connectivity index (χ0v) is 25.2. The van der Waals surface area contributed by atoms with Crippen molar-refractivity contribution in [3.8, 4) is 11.3 Å². The van der Waals surface area contributed by atoms with Crippen molar-refractivity contribution in [3.63, 3.8) is 0 Å². The van der Waals surface area contributed by atoms with Crippen LogP contribution >= 0.6 is 35.3 Å². The summed E-state index contributed by atoms with van der Waals surface area (Å²) in [7, 11) is -7.38. The quantitative estimate of drug-likeness (QED) is 0.281. The predicted molar refractivity (Wildman–Crippen MR) is 160 cm³/mol. The number of rotatable bonds is 7. The lowest BCUT2D eigenvalue weighted by atomic mass is 9.97. The molecule has 1 saturated heterocycles. The molecule has 2 aromatic heterocycles. The van der Waals surface area contributed by atoms with E-state index in [0.717, 1.165) is 21.2 Å². The second-order valence-corrected chi connectivity index (χ2v) is 15.7. The Bertz CT molecular complexity index is 1730. The molecule has 12 heteroatoms. The van der Waals surface area contributed by atoms with E-state index in [4.69, 9.17) is 11.6 Å². The van der Waals surface area contributed by atoms with E-state index in [1.165, 1.54) is 11.3 Å². The lowest BCUT2D eigenvalue weighted by Crippen LogP contribution is -2.37. The second kappa shape index (κ2) is 11.1. The van der Waals surface area contributed by atoms with E-state index in [-0.39, 0.29) is 24.6 Å². The first-order chi connectivity index (χ1) is 17.8. The van der Waals surface area contributed by atoms with Crippen LogP contribution in [0.15, 0.2) is 66.9 Å². The van der Waals surface area contributed by atoms with Crippen molar-refractivity contribution in [1.29, 1.82) is 0 Å². The molecule has 208 valence electrons. The van der Waals surface area contributed by atoms with Crippen LogP contribution in [0.2, 0.25) is 5.02 Å². The molecular weight excluding hydrogens is 599 g/mol.